The van der Waals surface area contributed by atoms with Gasteiger partial charge in [-0.2, -0.15) is 0 Å². The molecule has 6 nitrogen and oxygen atoms in total. The highest BCUT2D eigenvalue weighted by Gasteiger charge is 2.24. The fourth-order valence-electron chi connectivity index (χ4n) is 2.42. The van der Waals surface area contributed by atoms with E-state index in [1.807, 2.05) is 30.3 Å². The number of carbonyl (C=O) groups is 1. The summed E-state index contributed by atoms with van der Waals surface area (Å²) < 4.78 is 5.69. The molecule has 1 aromatic heterocycles. The predicted molar refractivity (Wildman–Crippen MR) is 120 cm³/mol. The second kappa shape index (κ2) is 10.8. The number of anilines is 2. The number of halogens is 2. The number of hydrogen-bond acceptors (Lipinski definition) is 7. The summed E-state index contributed by atoms with van der Waals surface area (Å²) in [6.45, 7) is 1.20. The normalized spacial score (nSPS) is 11.8. The molecule has 1 unspecified atom stereocenters. The van der Waals surface area contributed by atoms with Gasteiger partial charge in [0.25, 0.3) is 0 Å². The minimum absolute atomic E-state index is 0.205. The SMILES string of the molecule is COCCNc1nnc(SC(C(=O)Nc2cc(Cl)cc(Cl)c2)c2ccccc2)s1. The number of rotatable bonds is 9. The van der Waals surface area contributed by atoms with Crippen molar-refractivity contribution in [2.75, 3.05) is 30.9 Å². The van der Waals surface area contributed by atoms with E-state index in [4.69, 9.17) is 27.9 Å². The summed E-state index contributed by atoms with van der Waals surface area (Å²) in [5, 5.41) is 15.4. The topological polar surface area (TPSA) is 76.1 Å². The Labute approximate surface area is 187 Å². The third kappa shape index (κ3) is 6.58. The van der Waals surface area contributed by atoms with Crippen molar-refractivity contribution in [2.45, 2.75) is 9.59 Å². The molecule has 10 heteroatoms. The largest absolute Gasteiger partial charge is 0.383 e. The summed E-state index contributed by atoms with van der Waals surface area (Å²) in [7, 11) is 1.64. The highest BCUT2D eigenvalue weighted by atomic mass is 35.5. The molecule has 0 aliphatic carbocycles. The number of amides is 1. The van der Waals surface area contributed by atoms with Gasteiger partial charge in [-0.05, 0) is 23.8 Å². The maximum atomic E-state index is 13.1. The van der Waals surface area contributed by atoms with Gasteiger partial charge in [-0.1, -0.05) is 76.6 Å². The van der Waals surface area contributed by atoms with Crippen LogP contribution < -0.4 is 10.6 Å². The molecule has 0 fully saturated rings. The number of benzene rings is 2. The van der Waals surface area contributed by atoms with Gasteiger partial charge in [0.2, 0.25) is 11.0 Å². The van der Waals surface area contributed by atoms with Crippen molar-refractivity contribution in [3.63, 3.8) is 0 Å². The highest BCUT2D eigenvalue weighted by Crippen LogP contribution is 2.38. The van der Waals surface area contributed by atoms with Crippen LogP contribution in [0.15, 0.2) is 52.9 Å². The Morgan fingerprint density at radius 3 is 2.59 bits per heavy atom. The van der Waals surface area contributed by atoms with Crippen LogP contribution in [-0.2, 0) is 9.53 Å². The standard InChI is InChI=1S/C19H18Cl2N4O2S2/c1-27-8-7-22-18-24-25-19(29-18)28-16(12-5-3-2-4-6-12)17(26)23-15-10-13(20)9-14(21)11-15/h2-6,9-11,16H,7-8H2,1H3,(H,22,24)(H,23,26). The maximum absolute atomic E-state index is 13.1. The molecule has 2 aromatic carbocycles. The monoisotopic (exact) mass is 468 g/mol. The van der Waals surface area contributed by atoms with Crippen LogP contribution in [0.3, 0.4) is 0 Å². The number of ether oxygens (including phenoxy) is 1. The molecule has 0 saturated carbocycles. The second-order valence-electron chi connectivity index (χ2n) is 5.85. The number of aromatic nitrogens is 2. The van der Waals surface area contributed by atoms with Crippen LogP contribution in [0.2, 0.25) is 10.0 Å². The van der Waals surface area contributed by atoms with Gasteiger partial charge in [0, 0.05) is 29.4 Å². The van der Waals surface area contributed by atoms with Crippen LogP contribution in [-0.4, -0.2) is 36.4 Å². The number of methoxy groups -OCH3 is 1. The molecule has 2 N–H and O–H groups in total. The number of carbonyl (C=O) groups excluding carboxylic acids is 1. The van der Waals surface area contributed by atoms with Gasteiger partial charge < -0.3 is 15.4 Å². The molecule has 29 heavy (non-hydrogen) atoms. The van der Waals surface area contributed by atoms with Gasteiger partial charge in [0.15, 0.2) is 4.34 Å². The smallest absolute Gasteiger partial charge is 0.242 e. The Balaban J connectivity index is 1.77. The molecule has 1 atom stereocenters. The molecular formula is C19H18Cl2N4O2S2. The molecular weight excluding hydrogens is 451 g/mol. The van der Waals surface area contributed by atoms with E-state index in [1.165, 1.54) is 23.1 Å². The van der Waals surface area contributed by atoms with E-state index in [-0.39, 0.29) is 5.91 Å². The molecule has 3 rings (SSSR count). The zero-order valence-electron chi connectivity index (χ0n) is 15.4. The molecule has 0 saturated heterocycles. The fourth-order valence-corrected chi connectivity index (χ4v) is 4.92. The van der Waals surface area contributed by atoms with Crippen LogP contribution in [0, 0.1) is 0 Å². The summed E-state index contributed by atoms with van der Waals surface area (Å²) in [5.74, 6) is -0.205. The lowest BCUT2D eigenvalue weighted by Crippen LogP contribution is -2.19. The quantitative estimate of drug-likeness (QED) is 0.324. The molecule has 1 amide bonds. The van der Waals surface area contributed by atoms with Crippen LogP contribution >= 0.6 is 46.3 Å². The van der Waals surface area contributed by atoms with Crippen molar-refractivity contribution < 1.29 is 9.53 Å². The van der Waals surface area contributed by atoms with E-state index < -0.39 is 5.25 Å². The zero-order valence-corrected chi connectivity index (χ0v) is 18.5. The lowest BCUT2D eigenvalue weighted by molar-refractivity contribution is -0.115. The minimum atomic E-state index is -0.520. The van der Waals surface area contributed by atoms with E-state index in [1.54, 1.807) is 25.3 Å². The van der Waals surface area contributed by atoms with Crippen LogP contribution in [0.4, 0.5) is 10.8 Å². The van der Waals surface area contributed by atoms with Gasteiger partial charge in [-0.25, -0.2) is 0 Å². The van der Waals surface area contributed by atoms with E-state index in [0.29, 0.717) is 38.4 Å². The second-order valence-corrected chi connectivity index (χ2v) is 9.05. The molecule has 152 valence electrons. The predicted octanol–water partition coefficient (Wildman–Crippen LogP) is 5.38. The Morgan fingerprint density at radius 2 is 1.90 bits per heavy atom. The number of thioether (sulfide) groups is 1. The van der Waals surface area contributed by atoms with Crippen molar-refractivity contribution >= 4 is 63.0 Å². The maximum Gasteiger partial charge on any atom is 0.242 e. The summed E-state index contributed by atoms with van der Waals surface area (Å²) in [4.78, 5) is 13.1. The number of nitrogens with zero attached hydrogens (tertiary/aromatic N) is 2. The van der Waals surface area contributed by atoms with Crippen molar-refractivity contribution in [3.8, 4) is 0 Å². The molecule has 0 spiro atoms. The molecule has 0 aliphatic rings. The van der Waals surface area contributed by atoms with Gasteiger partial charge in [0.1, 0.15) is 5.25 Å². The van der Waals surface area contributed by atoms with E-state index in [2.05, 4.69) is 20.8 Å². The lowest BCUT2D eigenvalue weighted by atomic mass is 10.1. The minimum Gasteiger partial charge on any atom is -0.383 e. The third-order valence-corrected chi connectivity index (χ3v) is 6.33. The van der Waals surface area contributed by atoms with E-state index >= 15 is 0 Å². The first kappa shape index (κ1) is 21.9. The Hall–Kier alpha value is -1.84. The average molecular weight is 469 g/mol. The fraction of sp³-hybridized carbons (Fsp3) is 0.211. The van der Waals surface area contributed by atoms with Crippen molar-refractivity contribution in [1.29, 1.82) is 0 Å². The highest BCUT2D eigenvalue weighted by molar-refractivity contribution is 8.02. The summed E-state index contributed by atoms with van der Waals surface area (Å²) in [5.41, 5.74) is 1.39. The van der Waals surface area contributed by atoms with E-state index in [0.717, 1.165) is 5.56 Å². The molecule has 0 bridgehead atoms. The molecule has 1 heterocycles. The third-order valence-electron chi connectivity index (χ3n) is 3.68. The summed E-state index contributed by atoms with van der Waals surface area (Å²) >= 11 is 14.8. The molecule has 0 aliphatic heterocycles. The molecule has 0 radical (unpaired) electrons. The molecule has 3 aromatic rings. The van der Waals surface area contributed by atoms with E-state index in [9.17, 15) is 4.79 Å². The first-order valence-corrected chi connectivity index (χ1v) is 11.1. The van der Waals surface area contributed by atoms with Crippen LogP contribution in [0.1, 0.15) is 10.8 Å². The zero-order chi connectivity index (χ0) is 20.6. The van der Waals surface area contributed by atoms with Gasteiger partial charge in [0.05, 0.1) is 6.61 Å². The van der Waals surface area contributed by atoms with Gasteiger partial charge in [-0.15, -0.1) is 10.2 Å². The number of nitrogens with one attached hydrogen (secondary N) is 2. The first-order chi connectivity index (χ1) is 14.0. The van der Waals surface area contributed by atoms with Crippen molar-refractivity contribution in [2.24, 2.45) is 0 Å². The van der Waals surface area contributed by atoms with Crippen LogP contribution in [0.5, 0.6) is 0 Å². The summed E-state index contributed by atoms with van der Waals surface area (Å²) in [6.07, 6.45) is 0. The summed E-state index contributed by atoms with van der Waals surface area (Å²) in [6, 6.07) is 14.4. The van der Waals surface area contributed by atoms with Gasteiger partial charge in [-0.3, -0.25) is 4.79 Å². The number of hydrogen-bond donors (Lipinski definition) is 2. The average Bonchev–Trinajstić information content (AvgIpc) is 3.13. The van der Waals surface area contributed by atoms with Crippen molar-refractivity contribution in [1.82, 2.24) is 10.2 Å². The van der Waals surface area contributed by atoms with Gasteiger partial charge >= 0.3 is 0 Å². The van der Waals surface area contributed by atoms with Crippen molar-refractivity contribution in [3.05, 3.63) is 64.1 Å². The Kier molecular flexibility index (Phi) is 8.14. The Morgan fingerprint density at radius 1 is 1.17 bits per heavy atom. The Bertz CT molecular complexity index is 936. The van der Waals surface area contributed by atoms with Crippen LogP contribution in [0.25, 0.3) is 0 Å². The first-order valence-electron chi connectivity index (χ1n) is 8.60. The lowest BCUT2D eigenvalue weighted by Gasteiger charge is -2.16.